The van der Waals surface area contributed by atoms with Crippen LogP contribution in [0.3, 0.4) is 0 Å². The van der Waals surface area contributed by atoms with Gasteiger partial charge in [0.25, 0.3) is 5.91 Å². The van der Waals surface area contributed by atoms with Crippen LogP contribution in [0.5, 0.6) is 0 Å². The minimum absolute atomic E-state index is 0.184. The molecular formula is C20H19F2NO3. The van der Waals surface area contributed by atoms with Crippen LogP contribution in [0, 0.1) is 11.6 Å². The third-order valence-electron chi connectivity index (χ3n) is 3.63. The highest BCUT2D eigenvalue weighted by molar-refractivity contribution is 5.90. The summed E-state index contributed by atoms with van der Waals surface area (Å²) in [7, 11) is 1.53. The van der Waals surface area contributed by atoms with Crippen molar-refractivity contribution in [2.75, 3.05) is 7.05 Å². The van der Waals surface area contributed by atoms with Crippen LogP contribution in [0.4, 0.5) is 8.78 Å². The highest BCUT2D eigenvalue weighted by atomic mass is 19.1. The van der Waals surface area contributed by atoms with Crippen molar-refractivity contribution in [2.24, 2.45) is 0 Å². The van der Waals surface area contributed by atoms with Crippen LogP contribution in [-0.4, -0.2) is 29.9 Å². The van der Waals surface area contributed by atoms with Crippen molar-refractivity contribution in [3.63, 3.8) is 0 Å². The van der Waals surface area contributed by atoms with Gasteiger partial charge < -0.3 is 9.64 Å². The predicted octanol–water partition coefficient (Wildman–Crippen LogP) is 3.57. The molecule has 0 radical (unpaired) electrons. The number of ether oxygens (including phenoxy) is 1. The Morgan fingerprint density at radius 3 is 2.58 bits per heavy atom. The molecule has 1 unspecified atom stereocenters. The molecule has 0 aliphatic rings. The Morgan fingerprint density at radius 1 is 1.15 bits per heavy atom. The first-order valence-corrected chi connectivity index (χ1v) is 7.99. The van der Waals surface area contributed by atoms with E-state index in [2.05, 4.69) is 0 Å². The second kappa shape index (κ2) is 8.89. The Balaban J connectivity index is 1.91. The summed E-state index contributed by atoms with van der Waals surface area (Å²) in [6.45, 7) is 1.63. The molecule has 0 spiro atoms. The molecule has 0 saturated heterocycles. The average Bonchev–Trinajstić information content (AvgIpc) is 2.60. The van der Waals surface area contributed by atoms with E-state index in [1.54, 1.807) is 24.3 Å². The molecule has 2 aromatic rings. The summed E-state index contributed by atoms with van der Waals surface area (Å²) < 4.78 is 31.7. The van der Waals surface area contributed by atoms with Gasteiger partial charge >= 0.3 is 5.97 Å². The molecule has 4 nitrogen and oxygen atoms in total. The summed E-state index contributed by atoms with van der Waals surface area (Å²) in [5, 5.41) is 0. The molecule has 1 atom stereocenters. The summed E-state index contributed by atoms with van der Waals surface area (Å²) in [5.74, 6) is -2.04. The van der Waals surface area contributed by atoms with Crippen LogP contribution in [0.1, 0.15) is 18.1 Å². The van der Waals surface area contributed by atoms with Crippen LogP contribution in [0.2, 0.25) is 0 Å². The number of carbonyl (C=O) groups is 2. The third-order valence-corrected chi connectivity index (χ3v) is 3.63. The van der Waals surface area contributed by atoms with Crippen molar-refractivity contribution in [3.05, 3.63) is 77.4 Å². The number of likely N-dealkylation sites (N-methyl/N-ethyl adjacent to an activating group) is 1. The Morgan fingerprint density at radius 2 is 1.88 bits per heavy atom. The molecule has 1 amide bonds. The first kappa shape index (κ1) is 19.3. The molecule has 0 heterocycles. The maximum Gasteiger partial charge on any atom is 0.331 e. The fourth-order valence-electron chi connectivity index (χ4n) is 2.33. The van der Waals surface area contributed by atoms with E-state index in [0.29, 0.717) is 5.56 Å². The molecule has 6 heteroatoms. The number of nitrogens with zero attached hydrogens (tertiary/aromatic N) is 1. The Labute approximate surface area is 150 Å². The minimum atomic E-state index is -1.02. The van der Waals surface area contributed by atoms with Crippen LogP contribution in [0.15, 0.2) is 54.6 Å². The number of esters is 1. The summed E-state index contributed by atoms with van der Waals surface area (Å²) in [5.41, 5.74) is 0.866. The van der Waals surface area contributed by atoms with E-state index in [1.165, 1.54) is 49.2 Å². The lowest BCUT2D eigenvalue weighted by Gasteiger charge is -2.21. The fraction of sp³-hybridized carbons (Fsp3) is 0.200. The van der Waals surface area contributed by atoms with Gasteiger partial charge in [0.05, 0.1) is 0 Å². The normalized spacial score (nSPS) is 12.0. The molecular weight excluding hydrogens is 340 g/mol. The number of rotatable bonds is 6. The zero-order valence-electron chi connectivity index (χ0n) is 14.5. The van der Waals surface area contributed by atoms with Gasteiger partial charge in [-0.05, 0) is 36.8 Å². The fourth-order valence-corrected chi connectivity index (χ4v) is 2.33. The lowest BCUT2D eigenvalue weighted by molar-refractivity contribution is -0.154. The molecule has 0 bridgehead atoms. The van der Waals surface area contributed by atoms with Crippen molar-refractivity contribution >= 4 is 18.0 Å². The van der Waals surface area contributed by atoms with E-state index in [4.69, 9.17) is 4.74 Å². The van der Waals surface area contributed by atoms with E-state index in [1.807, 2.05) is 0 Å². The molecule has 0 aromatic heterocycles. The number of carbonyl (C=O) groups excluding carboxylic acids is 2. The highest BCUT2D eigenvalue weighted by Crippen LogP contribution is 2.10. The van der Waals surface area contributed by atoms with E-state index in [0.717, 1.165) is 6.08 Å². The second-order valence-corrected chi connectivity index (χ2v) is 5.76. The molecule has 0 fully saturated rings. The average molecular weight is 359 g/mol. The lowest BCUT2D eigenvalue weighted by atomic mass is 10.2. The van der Waals surface area contributed by atoms with Gasteiger partial charge in [-0.25, -0.2) is 13.6 Å². The van der Waals surface area contributed by atoms with Gasteiger partial charge in [-0.2, -0.15) is 0 Å². The van der Waals surface area contributed by atoms with Crippen molar-refractivity contribution in [1.82, 2.24) is 4.90 Å². The van der Waals surface area contributed by atoms with E-state index >= 15 is 0 Å². The van der Waals surface area contributed by atoms with Gasteiger partial charge in [-0.3, -0.25) is 4.79 Å². The standard InChI is InChI=1S/C20H19F2NO3/c1-14(20(25)23(2)13-15-6-5-8-17(21)12-15)26-19(24)11-10-16-7-3-4-9-18(16)22/h3-12,14H,13H2,1-2H3/b11-10+. The maximum absolute atomic E-state index is 13.5. The van der Waals surface area contributed by atoms with Crippen molar-refractivity contribution in [1.29, 1.82) is 0 Å². The minimum Gasteiger partial charge on any atom is -0.449 e. The molecule has 26 heavy (non-hydrogen) atoms. The third kappa shape index (κ3) is 5.51. The lowest BCUT2D eigenvalue weighted by Crippen LogP contribution is -2.36. The summed E-state index contributed by atoms with van der Waals surface area (Å²) >= 11 is 0. The topological polar surface area (TPSA) is 46.6 Å². The second-order valence-electron chi connectivity index (χ2n) is 5.76. The Bertz CT molecular complexity index is 820. The number of halogens is 2. The first-order valence-electron chi connectivity index (χ1n) is 7.99. The van der Waals surface area contributed by atoms with Crippen molar-refractivity contribution in [3.8, 4) is 0 Å². The Kier molecular flexibility index (Phi) is 6.60. The molecule has 2 aromatic carbocycles. The monoisotopic (exact) mass is 359 g/mol. The van der Waals surface area contributed by atoms with E-state index in [-0.39, 0.29) is 17.9 Å². The zero-order valence-corrected chi connectivity index (χ0v) is 14.5. The van der Waals surface area contributed by atoms with Crippen LogP contribution in [-0.2, 0) is 20.9 Å². The van der Waals surface area contributed by atoms with Crippen LogP contribution < -0.4 is 0 Å². The molecule has 0 aliphatic heterocycles. The van der Waals surface area contributed by atoms with Crippen molar-refractivity contribution < 1.29 is 23.1 Å². The van der Waals surface area contributed by atoms with Gasteiger partial charge in [0.15, 0.2) is 6.10 Å². The number of hydrogen-bond acceptors (Lipinski definition) is 3. The molecule has 0 saturated carbocycles. The first-order chi connectivity index (χ1) is 12.4. The van der Waals surface area contributed by atoms with Gasteiger partial charge in [-0.1, -0.05) is 30.3 Å². The van der Waals surface area contributed by atoms with Crippen LogP contribution >= 0.6 is 0 Å². The van der Waals surface area contributed by atoms with Gasteiger partial charge in [0.2, 0.25) is 0 Å². The van der Waals surface area contributed by atoms with Gasteiger partial charge in [-0.15, -0.1) is 0 Å². The summed E-state index contributed by atoms with van der Waals surface area (Å²) in [6, 6.07) is 11.9. The zero-order chi connectivity index (χ0) is 19.1. The summed E-state index contributed by atoms with van der Waals surface area (Å²) in [6.07, 6.45) is 1.33. The summed E-state index contributed by atoms with van der Waals surface area (Å²) in [4.78, 5) is 25.4. The molecule has 136 valence electrons. The Hall–Kier alpha value is -3.02. The number of benzene rings is 2. The molecule has 2 rings (SSSR count). The van der Waals surface area contributed by atoms with Crippen molar-refractivity contribution in [2.45, 2.75) is 19.6 Å². The molecule has 0 N–H and O–H groups in total. The molecule has 0 aliphatic carbocycles. The van der Waals surface area contributed by atoms with E-state index in [9.17, 15) is 18.4 Å². The van der Waals surface area contributed by atoms with Gasteiger partial charge in [0, 0.05) is 25.2 Å². The predicted molar refractivity (Wildman–Crippen MR) is 93.9 cm³/mol. The van der Waals surface area contributed by atoms with Crippen LogP contribution in [0.25, 0.3) is 6.08 Å². The number of hydrogen-bond donors (Lipinski definition) is 0. The smallest absolute Gasteiger partial charge is 0.331 e. The van der Waals surface area contributed by atoms with Gasteiger partial charge in [0.1, 0.15) is 11.6 Å². The largest absolute Gasteiger partial charge is 0.449 e. The highest BCUT2D eigenvalue weighted by Gasteiger charge is 2.20. The maximum atomic E-state index is 13.5. The van der Waals surface area contributed by atoms with E-state index < -0.39 is 23.8 Å². The number of amides is 1. The quantitative estimate of drug-likeness (QED) is 0.585. The SMILES string of the molecule is CC(OC(=O)/C=C/c1ccccc1F)C(=O)N(C)Cc1cccc(F)c1.